The van der Waals surface area contributed by atoms with Gasteiger partial charge in [0.15, 0.2) is 0 Å². The van der Waals surface area contributed by atoms with Crippen molar-refractivity contribution in [3.8, 4) is 0 Å². The van der Waals surface area contributed by atoms with Gasteiger partial charge in [0.1, 0.15) is 5.69 Å². The highest BCUT2D eigenvalue weighted by Crippen LogP contribution is 2.30. The Morgan fingerprint density at radius 1 is 1.29 bits per heavy atom. The maximum atomic E-state index is 12.2. The molecule has 0 bridgehead atoms. The van der Waals surface area contributed by atoms with E-state index in [0.717, 1.165) is 5.69 Å². The van der Waals surface area contributed by atoms with Crippen LogP contribution in [0.3, 0.4) is 0 Å². The molecule has 1 amide bonds. The zero-order valence-corrected chi connectivity index (χ0v) is 12.6. The lowest BCUT2D eigenvalue weighted by molar-refractivity contribution is 0.102. The number of amides is 1. The topological polar surface area (TPSA) is 54.0 Å². The molecule has 4 nitrogen and oxygen atoms in total. The normalized spacial score (nSPS) is 10.0. The zero-order chi connectivity index (χ0) is 15.2. The predicted molar refractivity (Wildman–Crippen MR) is 87.3 cm³/mol. The second-order valence-corrected chi connectivity index (χ2v) is 4.96. The van der Waals surface area contributed by atoms with Crippen molar-refractivity contribution in [1.82, 2.24) is 4.98 Å². The van der Waals surface area contributed by atoms with Crippen molar-refractivity contribution in [2.24, 2.45) is 0 Å². The van der Waals surface area contributed by atoms with Gasteiger partial charge in [-0.3, -0.25) is 9.78 Å². The molecule has 2 N–H and O–H groups in total. The van der Waals surface area contributed by atoms with E-state index in [4.69, 9.17) is 23.2 Å². The van der Waals surface area contributed by atoms with Crippen LogP contribution in [0.1, 0.15) is 10.5 Å². The Kier molecular flexibility index (Phi) is 5.20. The van der Waals surface area contributed by atoms with Crippen LogP contribution in [0.2, 0.25) is 10.0 Å². The molecule has 0 aliphatic rings. The lowest BCUT2D eigenvalue weighted by atomic mass is 10.2. The average molecular weight is 322 g/mol. The molecule has 0 aliphatic carbocycles. The predicted octanol–water partition coefficient (Wildman–Crippen LogP) is 4.24. The Bertz CT molecular complexity index is 653. The third-order valence-electron chi connectivity index (χ3n) is 2.64. The first kappa shape index (κ1) is 15.4. The molecule has 0 radical (unpaired) electrons. The minimum Gasteiger partial charge on any atom is -0.381 e. The molecule has 1 heterocycles. The number of pyridine rings is 1. The van der Waals surface area contributed by atoms with E-state index in [1.165, 1.54) is 0 Å². The average Bonchev–Trinajstić information content (AvgIpc) is 2.49. The van der Waals surface area contributed by atoms with Crippen molar-refractivity contribution in [3.63, 3.8) is 0 Å². The van der Waals surface area contributed by atoms with E-state index in [-0.39, 0.29) is 11.6 Å². The number of anilines is 2. The van der Waals surface area contributed by atoms with Crippen LogP contribution < -0.4 is 10.6 Å². The van der Waals surface area contributed by atoms with Crippen molar-refractivity contribution < 1.29 is 4.79 Å². The Labute approximate surface area is 132 Å². The van der Waals surface area contributed by atoms with Gasteiger partial charge in [0.05, 0.1) is 15.7 Å². The molecule has 108 valence electrons. The number of para-hydroxylation sites is 1. The SMILES string of the molecule is C=CCNc1ccnc(C(=O)Nc2c(Cl)cccc2Cl)c1. The summed E-state index contributed by atoms with van der Waals surface area (Å²) in [5.41, 5.74) is 1.41. The smallest absolute Gasteiger partial charge is 0.274 e. The molecule has 0 fully saturated rings. The highest BCUT2D eigenvalue weighted by atomic mass is 35.5. The molecule has 21 heavy (non-hydrogen) atoms. The molecule has 0 atom stereocenters. The number of nitrogens with zero attached hydrogens (tertiary/aromatic N) is 1. The van der Waals surface area contributed by atoms with Gasteiger partial charge in [0, 0.05) is 18.4 Å². The van der Waals surface area contributed by atoms with Crippen molar-refractivity contribution in [2.75, 3.05) is 17.2 Å². The fourth-order valence-electron chi connectivity index (χ4n) is 1.65. The first-order chi connectivity index (χ1) is 10.1. The van der Waals surface area contributed by atoms with Gasteiger partial charge in [-0.15, -0.1) is 6.58 Å². The number of benzene rings is 1. The van der Waals surface area contributed by atoms with Gasteiger partial charge >= 0.3 is 0 Å². The summed E-state index contributed by atoms with van der Waals surface area (Å²) in [5.74, 6) is -0.382. The number of carbonyl (C=O) groups excluding carboxylic acids is 1. The van der Waals surface area contributed by atoms with Crippen molar-refractivity contribution >= 4 is 40.5 Å². The summed E-state index contributed by atoms with van der Waals surface area (Å²) in [5, 5.41) is 6.49. The van der Waals surface area contributed by atoms with Gasteiger partial charge in [0.25, 0.3) is 5.91 Å². The molecule has 6 heteroatoms. The van der Waals surface area contributed by atoms with E-state index in [1.54, 1.807) is 42.6 Å². The van der Waals surface area contributed by atoms with E-state index in [0.29, 0.717) is 22.3 Å². The maximum Gasteiger partial charge on any atom is 0.274 e. The van der Waals surface area contributed by atoms with Gasteiger partial charge in [-0.1, -0.05) is 35.3 Å². The van der Waals surface area contributed by atoms with E-state index in [2.05, 4.69) is 22.2 Å². The summed E-state index contributed by atoms with van der Waals surface area (Å²) in [7, 11) is 0. The highest BCUT2D eigenvalue weighted by Gasteiger charge is 2.12. The Balaban J connectivity index is 2.18. The fraction of sp³-hybridized carbons (Fsp3) is 0.0667. The highest BCUT2D eigenvalue weighted by molar-refractivity contribution is 6.40. The summed E-state index contributed by atoms with van der Waals surface area (Å²) in [6.07, 6.45) is 3.28. The summed E-state index contributed by atoms with van der Waals surface area (Å²) in [6.45, 7) is 4.22. The van der Waals surface area contributed by atoms with Gasteiger partial charge in [0.2, 0.25) is 0 Å². The van der Waals surface area contributed by atoms with Crippen LogP contribution in [0, 0.1) is 0 Å². The Morgan fingerprint density at radius 3 is 2.67 bits per heavy atom. The zero-order valence-electron chi connectivity index (χ0n) is 11.1. The van der Waals surface area contributed by atoms with Gasteiger partial charge in [-0.2, -0.15) is 0 Å². The Morgan fingerprint density at radius 2 is 2.00 bits per heavy atom. The number of hydrogen-bond acceptors (Lipinski definition) is 3. The second kappa shape index (κ2) is 7.11. The van der Waals surface area contributed by atoms with Gasteiger partial charge < -0.3 is 10.6 Å². The van der Waals surface area contributed by atoms with Crippen molar-refractivity contribution in [1.29, 1.82) is 0 Å². The first-order valence-corrected chi connectivity index (χ1v) is 6.93. The quantitative estimate of drug-likeness (QED) is 0.810. The maximum absolute atomic E-state index is 12.2. The van der Waals surface area contributed by atoms with Crippen LogP contribution in [0.15, 0.2) is 49.2 Å². The lowest BCUT2D eigenvalue weighted by Gasteiger charge is -2.09. The summed E-state index contributed by atoms with van der Waals surface area (Å²) < 4.78 is 0. The van der Waals surface area contributed by atoms with Gasteiger partial charge in [-0.25, -0.2) is 0 Å². The third kappa shape index (κ3) is 3.97. The van der Waals surface area contributed by atoms with Crippen molar-refractivity contribution in [2.45, 2.75) is 0 Å². The van der Waals surface area contributed by atoms with E-state index in [1.807, 2.05) is 0 Å². The molecular weight excluding hydrogens is 309 g/mol. The number of nitrogens with one attached hydrogen (secondary N) is 2. The third-order valence-corrected chi connectivity index (χ3v) is 3.27. The molecule has 0 spiro atoms. The number of rotatable bonds is 5. The lowest BCUT2D eigenvalue weighted by Crippen LogP contribution is -2.14. The van der Waals surface area contributed by atoms with Crippen molar-refractivity contribution in [3.05, 3.63) is 64.9 Å². The van der Waals surface area contributed by atoms with Gasteiger partial charge in [-0.05, 0) is 24.3 Å². The van der Waals surface area contributed by atoms with Crippen LogP contribution in [-0.4, -0.2) is 17.4 Å². The summed E-state index contributed by atoms with van der Waals surface area (Å²) in [4.78, 5) is 16.2. The van der Waals surface area contributed by atoms with E-state index < -0.39 is 0 Å². The Hall–Kier alpha value is -2.04. The molecule has 0 unspecified atom stereocenters. The largest absolute Gasteiger partial charge is 0.381 e. The van der Waals surface area contributed by atoms with Crippen LogP contribution in [0.25, 0.3) is 0 Å². The molecule has 0 aliphatic heterocycles. The molecular formula is C15H13Cl2N3O. The molecule has 0 saturated heterocycles. The summed E-state index contributed by atoms with van der Waals surface area (Å²) in [6, 6.07) is 8.42. The van der Waals surface area contributed by atoms with Crippen LogP contribution in [0.4, 0.5) is 11.4 Å². The fourth-order valence-corrected chi connectivity index (χ4v) is 2.14. The second-order valence-electron chi connectivity index (χ2n) is 4.15. The van der Waals surface area contributed by atoms with E-state index >= 15 is 0 Å². The van der Waals surface area contributed by atoms with E-state index in [9.17, 15) is 4.79 Å². The monoisotopic (exact) mass is 321 g/mol. The van der Waals surface area contributed by atoms with Crippen LogP contribution in [-0.2, 0) is 0 Å². The molecule has 1 aromatic carbocycles. The number of aromatic nitrogens is 1. The molecule has 2 aromatic rings. The molecule has 0 saturated carbocycles. The number of carbonyl (C=O) groups is 1. The first-order valence-electron chi connectivity index (χ1n) is 6.18. The number of hydrogen-bond donors (Lipinski definition) is 2. The molecule has 1 aromatic heterocycles. The van der Waals surface area contributed by atoms with Crippen LogP contribution >= 0.6 is 23.2 Å². The molecule has 2 rings (SSSR count). The minimum atomic E-state index is -0.382. The standard InChI is InChI=1S/C15H13Cl2N3O/c1-2-7-18-10-6-8-19-13(9-10)15(21)20-14-11(16)4-3-5-12(14)17/h2-6,8-9H,1,7H2,(H,18,19)(H,20,21). The summed E-state index contributed by atoms with van der Waals surface area (Å²) >= 11 is 12.0. The van der Waals surface area contributed by atoms with Crippen LogP contribution in [0.5, 0.6) is 0 Å². The minimum absolute atomic E-state index is 0.264. The number of halogens is 2.